The number of ether oxygens (including phenoxy) is 1. The lowest BCUT2D eigenvalue weighted by Crippen LogP contribution is -2.33. The summed E-state index contributed by atoms with van der Waals surface area (Å²) in [6.45, 7) is 11.3. The topological polar surface area (TPSA) is 26.3 Å². The SMILES string of the molecule is CCCCCCCCCCCCCCOC(=O)C(C)(C)C(C)CCC. The van der Waals surface area contributed by atoms with E-state index in [9.17, 15) is 4.79 Å². The van der Waals surface area contributed by atoms with Crippen molar-refractivity contribution in [3.8, 4) is 0 Å². The maximum absolute atomic E-state index is 12.3. The zero-order chi connectivity index (χ0) is 19.0. The second kappa shape index (κ2) is 15.7. The van der Waals surface area contributed by atoms with Gasteiger partial charge in [-0.25, -0.2) is 0 Å². The quantitative estimate of drug-likeness (QED) is 0.198. The molecule has 0 aromatic heterocycles. The van der Waals surface area contributed by atoms with Crippen LogP contribution in [0.3, 0.4) is 0 Å². The summed E-state index contributed by atoms with van der Waals surface area (Å²) in [7, 11) is 0. The Hall–Kier alpha value is -0.530. The van der Waals surface area contributed by atoms with Gasteiger partial charge >= 0.3 is 5.97 Å². The van der Waals surface area contributed by atoms with Gasteiger partial charge in [0.05, 0.1) is 12.0 Å². The van der Waals surface area contributed by atoms with E-state index in [0.29, 0.717) is 12.5 Å². The van der Waals surface area contributed by atoms with Gasteiger partial charge in [-0.15, -0.1) is 0 Å². The number of carbonyl (C=O) groups excluding carboxylic acids is 1. The number of hydrogen-bond donors (Lipinski definition) is 0. The van der Waals surface area contributed by atoms with Gasteiger partial charge in [0.2, 0.25) is 0 Å². The summed E-state index contributed by atoms with van der Waals surface area (Å²) in [6, 6.07) is 0. The van der Waals surface area contributed by atoms with Crippen LogP contribution in [-0.2, 0) is 9.53 Å². The van der Waals surface area contributed by atoms with Gasteiger partial charge in [-0.3, -0.25) is 4.79 Å². The van der Waals surface area contributed by atoms with E-state index in [1.807, 2.05) is 13.8 Å². The van der Waals surface area contributed by atoms with Gasteiger partial charge in [0.15, 0.2) is 0 Å². The minimum Gasteiger partial charge on any atom is -0.465 e. The van der Waals surface area contributed by atoms with Crippen molar-refractivity contribution in [2.75, 3.05) is 6.61 Å². The second-order valence-electron chi connectivity index (χ2n) is 8.44. The van der Waals surface area contributed by atoms with Crippen LogP contribution in [0.5, 0.6) is 0 Å². The predicted molar refractivity (Wildman–Crippen MR) is 110 cm³/mol. The minimum absolute atomic E-state index is 0.0171. The fourth-order valence-electron chi connectivity index (χ4n) is 3.29. The summed E-state index contributed by atoms with van der Waals surface area (Å²) >= 11 is 0. The Morgan fingerprint density at radius 3 is 1.64 bits per heavy atom. The first-order valence-electron chi connectivity index (χ1n) is 11.1. The number of hydrogen-bond acceptors (Lipinski definition) is 2. The Morgan fingerprint density at radius 2 is 1.20 bits per heavy atom. The van der Waals surface area contributed by atoms with E-state index in [-0.39, 0.29) is 11.4 Å². The zero-order valence-corrected chi connectivity index (χ0v) is 18.0. The first-order valence-corrected chi connectivity index (χ1v) is 11.1. The molecule has 0 aliphatic carbocycles. The minimum atomic E-state index is -0.354. The lowest BCUT2D eigenvalue weighted by Gasteiger charge is -2.29. The predicted octanol–water partition coefficient (Wildman–Crippen LogP) is 7.69. The van der Waals surface area contributed by atoms with Crippen LogP contribution in [0.15, 0.2) is 0 Å². The van der Waals surface area contributed by atoms with Gasteiger partial charge in [-0.05, 0) is 32.6 Å². The van der Waals surface area contributed by atoms with Gasteiger partial charge in [0.25, 0.3) is 0 Å². The molecule has 2 nitrogen and oxygen atoms in total. The average molecular weight is 355 g/mol. The second-order valence-corrected chi connectivity index (χ2v) is 8.44. The van der Waals surface area contributed by atoms with Crippen LogP contribution in [-0.4, -0.2) is 12.6 Å². The summed E-state index contributed by atoms with van der Waals surface area (Å²) in [5, 5.41) is 0. The van der Waals surface area contributed by atoms with Crippen LogP contribution >= 0.6 is 0 Å². The summed E-state index contributed by atoms with van der Waals surface area (Å²) < 4.78 is 5.53. The third kappa shape index (κ3) is 12.5. The van der Waals surface area contributed by atoms with Crippen LogP contribution < -0.4 is 0 Å². The molecule has 2 heteroatoms. The summed E-state index contributed by atoms with van der Waals surface area (Å²) in [6.07, 6.45) is 18.2. The van der Waals surface area contributed by atoms with Gasteiger partial charge in [0, 0.05) is 0 Å². The number of unbranched alkanes of at least 4 members (excludes halogenated alkanes) is 11. The molecule has 0 radical (unpaired) electrons. The molecular weight excluding hydrogens is 308 g/mol. The standard InChI is InChI=1S/C23H46O2/c1-6-8-9-10-11-12-13-14-15-16-17-18-20-25-22(24)23(4,5)21(3)19-7-2/h21H,6-20H2,1-5H3. The Kier molecular flexibility index (Phi) is 15.4. The monoisotopic (exact) mass is 354 g/mol. The van der Waals surface area contributed by atoms with Crippen molar-refractivity contribution in [3.63, 3.8) is 0 Å². The highest BCUT2D eigenvalue weighted by atomic mass is 16.5. The van der Waals surface area contributed by atoms with Crippen molar-refractivity contribution in [1.29, 1.82) is 0 Å². The van der Waals surface area contributed by atoms with Crippen molar-refractivity contribution in [3.05, 3.63) is 0 Å². The average Bonchev–Trinajstić information content (AvgIpc) is 2.58. The maximum Gasteiger partial charge on any atom is 0.311 e. The molecule has 25 heavy (non-hydrogen) atoms. The first kappa shape index (κ1) is 24.5. The first-order chi connectivity index (χ1) is 12.0. The summed E-state index contributed by atoms with van der Waals surface area (Å²) in [4.78, 5) is 12.3. The molecule has 0 heterocycles. The van der Waals surface area contributed by atoms with Crippen molar-refractivity contribution < 1.29 is 9.53 Å². The largest absolute Gasteiger partial charge is 0.465 e. The summed E-state index contributed by atoms with van der Waals surface area (Å²) in [5.41, 5.74) is -0.354. The van der Waals surface area contributed by atoms with Crippen LogP contribution in [0.2, 0.25) is 0 Å². The molecule has 1 atom stereocenters. The molecule has 0 amide bonds. The number of rotatable bonds is 17. The van der Waals surface area contributed by atoms with Crippen LogP contribution in [0, 0.1) is 11.3 Å². The van der Waals surface area contributed by atoms with E-state index in [2.05, 4.69) is 20.8 Å². The highest BCUT2D eigenvalue weighted by Gasteiger charge is 2.34. The van der Waals surface area contributed by atoms with Crippen molar-refractivity contribution in [1.82, 2.24) is 0 Å². The molecule has 0 bridgehead atoms. The van der Waals surface area contributed by atoms with Crippen molar-refractivity contribution in [2.24, 2.45) is 11.3 Å². The number of carbonyl (C=O) groups is 1. The molecule has 0 saturated heterocycles. The number of esters is 1. The molecule has 0 aromatic rings. The molecule has 1 unspecified atom stereocenters. The van der Waals surface area contributed by atoms with Gasteiger partial charge < -0.3 is 4.74 Å². The molecule has 0 spiro atoms. The van der Waals surface area contributed by atoms with Crippen LogP contribution in [0.4, 0.5) is 0 Å². The Labute approximate surface area is 158 Å². The Morgan fingerprint density at radius 1 is 0.760 bits per heavy atom. The van der Waals surface area contributed by atoms with Crippen molar-refractivity contribution >= 4 is 5.97 Å². The van der Waals surface area contributed by atoms with Gasteiger partial charge in [0.1, 0.15) is 0 Å². The van der Waals surface area contributed by atoms with Crippen LogP contribution in [0.25, 0.3) is 0 Å². The van der Waals surface area contributed by atoms with E-state index in [1.165, 1.54) is 70.6 Å². The van der Waals surface area contributed by atoms with Crippen LogP contribution in [0.1, 0.15) is 125 Å². The molecule has 0 saturated carbocycles. The third-order valence-electron chi connectivity index (χ3n) is 5.71. The summed E-state index contributed by atoms with van der Waals surface area (Å²) in [5.74, 6) is 0.364. The van der Waals surface area contributed by atoms with E-state index in [4.69, 9.17) is 4.74 Å². The zero-order valence-electron chi connectivity index (χ0n) is 18.0. The Bertz CT molecular complexity index is 309. The molecular formula is C23H46O2. The third-order valence-corrected chi connectivity index (χ3v) is 5.71. The normalized spacial score (nSPS) is 13.0. The van der Waals surface area contributed by atoms with E-state index < -0.39 is 0 Å². The highest BCUT2D eigenvalue weighted by Crippen LogP contribution is 2.31. The fourth-order valence-corrected chi connectivity index (χ4v) is 3.29. The molecule has 0 fully saturated rings. The maximum atomic E-state index is 12.3. The lowest BCUT2D eigenvalue weighted by molar-refractivity contribution is -0.157. The lowest BCUT2D eigenvalue weighted by atomic mass is 9.78. The molecule has 0 aliphatic rings. The molecule has 0 aliphatic heterocycles. The Balaban J connectivity index is 3.47. The van der Waals surface area contributed by atoms with E-state index in [1.54, 1.807) is 0 Å². The molecule has 0 aromatic carbocycles. The van der Waals surface area contributed by atoms with Gasteiger partial charge in [-0.1, -0.05) is 97.8 Å². The van der Waals surface area contributed by atoms with Crippen molar-refractivity contribution in [2.45, 2.75) is 125 Å². The molecule has 0 N–H and O–H groups in total. The smallest absolute Gasteiger partial charge is 0.311 e. The molecule has 0 rings (SSSR count). The van der Waals surface area contributed by atoms with Gasteiger partial charge in [-0.2, -0.15) is 0 Å². The highest BCUT2D eigenvalue weighted by molar-refractivity contribution is 5.76. The van der Waals surface area contributed by atoms with E-state index >= 15 is 0 Å². The fraction of sp³-hybridized carbons (Fsp3) is 0.957. The van der Waals surface area contributed by atoms with E-state index in [0.717, 1.165) is 19.3 Å². The molecule has 150 valence electrons.